The summed E-state index contributed by atoms with van der Waals surface area (Å²) in [5, 5.41) is 2.89. The smallest absolute Gasteiger partial charge is 0.271 e. The van der Waals surface area contributed by atoms with Crippen molar-refractivity contribution in [1.29, 1.82) is 0 Å². The summed E-state index contributed by atoms with van der Waals surface area (Å²) < 4.78 is 0. The molecule has 0 fully saturated rings. The molecule has 1 heterocycles. The van der Waals surface area contributed by atoms with Crippen LogP contribution in [0.4, 0.5) is 5.82 Å². The highest BCUT2D eigenvalue weighted by Gasteiger charge is 2.14. The van der Waals surface area contributed by atoms with E-state index in [1.165, 1.54) is 5.56 Å². The number of hydrogen-bond donors (Lipinski definition) is 1. The number of hydrogen-bond acceptors (Lipinski definition) is 4. The molecule has 0 saturated heterocycles. The second kappa shape index (κ2) is 9.16. The van der Waals surface area contributed by atoms with Crippen LogP contribution in [-0.4, -0.2) is 28.5 Å². The van der Waals surface area contributed by atoms with Gasteiger partial charge in [-0.05, 0) is 31.7 Å². The van der Waals surface area contributed by atoms with Gasteiger partial charge in [0, 0.05) is 19.1 Å². The molecule has 2 rings (SSSR count). The molecule has 5 heteroatoms. The molecule has 0 saturated carbocycles. The summed E-state index contributed by atoms with van der Waals surface area (Å²) in [7, 11) is 0. The molecule has 0 radical (unpaired) electrons. The molecule has 0 aliphatic rings. The first-order valence-corrected chi connectivity index (χ1v) is 8.88. The quantitative estimate of drug-likeness (QED) is 0.796. The summed E-state index contributed by atoms with van der Waals surface area (Å²) in [6, 6.07) is 10.5. The molecule has 1 amide bonds. The molecular formula is C20H28N4O. The highest BCUT2D eigenvalue weighted by Crippen LogP contribution is 2.17. The predicted octanol–water partition coefficient (Wildman–Crippen LogP) is 3.67. The average molecular weight is 340 g/mol. The van der Waals surface area contributed by atoms with E-state index in [0.717, 1.165) is 18.8 Å². The van der Waals surface area contributed by atoms with Crippen molar-refractivity contribution in [3.05, 3.63) is 54.0 Å². The summed E-state index contributed by atoms with van der Waals surface area (Å²) in [5.74, 6) is 1.17. The van der Waals surface area contributed by atoms with Gasteiger partial charge in [-0.1, -0.05) is 44.2 Å². The normalized spacial score (nSPS) is 11.0. The number of carbonyl (C=O) groups is 1. The third-order valence-electron chi connectivity index (χ3n) is 3.99. The minimum Gasteiger partial charge on any atom is -0.351 e. The first kappa shape index (κ1) is 18.9. The molecule has 0 spiro atoms. The standard InChI is InChI=1S/C20H28N4O/c1-15(2)10-11-21-20(25)18-12-23-19(13-22-18)24(16(3)4)14-17-8-6-5-7-9-17/h5-9,12-13,15-16H,10-11,14H2,1-4H3,(H,21,25). The topological polar surface area (TPSA) is 58.1 Å². The fourth-order valence-electron chi connectivity index (χ4n) is 2.46. The third-order valence-corrected chi connectivity index (χ3v) is 3.99. The highest BCUT2D eigenvalue weighted by atomic mass is 16.1. The third kappa shape index (κ3) is 5.85. The Balaban J connectivity index is 2.04. The fourth-order valence-corrected chi connectivity index (χ4v) is 2.46. The Kier molecular flexibility index (Phi) is 6.92. The van der Waals surface area contributed by atoms with Gasteiger partial charge in [-0.25, -0.2) is 9.97 Å². The summed E-state index contributed by atoms with van der Waals surface area (Å²) in [6.07, 6.45) is 4.19. The first-order valence-electron chi connectivity index (χ1n) is 8.88. The zero-order valence-electron chi connectivity index (χ0n) is 15.6. The lowest BCUT2D eigenvalue weighted by Gasteiger charge is -2.27. The monoisotopic (exact) mass is 340 g/mol. The van der Waals surface area contributed by atoms with Crippen LogP contribution in [0.25, 0.3) is 0 Å². The number of anilines is 1. The second-order valence-corrected chi connectivity index (χ2v) is 6.91. The maximum Gasteiger partial charge on any atom is 0.271 e. The summed E-state index contributed by atoms with van der Waals surface area (Å²) >= 11 is 0. The number of nitrogens with zero attached hydrogens (tertiary/aromatic N) is 3. The van der Waals surface area contributed by atoms with Gasteiger partial charge in [-0.15, -0.1) is 0 Å². The molecule has 0 bridgehead atoms. The number of nitrogens with one attached hydrogen (secondary N) is 1. The molecule has 0 unspecified atom stereocenters. The second-order valence-electron chi connectivity index (χ2n) is 6.91. The van der Waals surface area contributed by atoms with Crippen LogP contribution in [0, 0.1) is 5.92 Å². The van der Waals surface area contributed by atoms with E-state index in [1.807, 2.05) is 18.2 Å². The van der Waals surface area contributed by atoms with Crippen LogP contribution in [0.15, 0.2) is 42.7 Å². The van der Waals surface area contributed by atoms with Crippen molar-refractivity contribution in [2.45, 2.75) is 46.7 Å². The molecule has 0 aliphatic heterocycles. The Morgan fingerprint density at radius 3 is 2.36 bits per heavy atom. The van der Waals surface area contributed by atoms with Gasteiger partial charge in [0.15, 0.2) is 0 Å². The van der Waals surface area contributed by atoms with E-state index in [4.69, 9.17) is 0 Å². The van der Waals surface area contributed by atoms with E-state index in [0.29, 0.717) is 18.2 Å². The van der Waals surface area contributed by atoms with Crippen molar-refractivity contribution in [3.8, 4) is 0 Å². The molecule has 5 nitrogen and oxygen atoms in total. The van der Waals surface area contributed by atoms with Crippen molar-refractivity contribution in [2.24, 2.45) is 5.92 Å². The van der Waals surface area contributed by atoms with Crippen LogP contribution in [-0.2, 0) is 6.54 Å². The lowest BCUT2D eigenvalue weighted by Crippen LogP contribution is -2.31. The van der Waals surface area contributed by atoms with Gasteiger partial charge >= 0.3 is 0 Å². The molecule has 0 atom stereocenters. The van der Waals surface area contributed by atoms with Crippen LogP contribution >= 0.6 is 0 Å². The SMILES string of the molecule is CC(C)CCNC(=O)c1cnc(N(Cc2ccccc2)C(C)C)cn1. The predicted molar refractivity (Wildman–Crippen MR) is 102 cm³/mol. The zero-order valence-corrected chi connectivity index (χ0v) is 15.6. The first-order chi connectivity index (χ1) is 12.0. The molecule has 2 aromatic rings. The number of aromatic nitrogens is 2. The Hall–Kier alpha value is -2.43. The van der Waals surface area contributed by atoms with Gasteiger partial charge in [0.1, 0.15) is 11.5 Å². The summed E-state index contributed by atoms with van der Waals surface area (Å²) in [4.78, 5) is 23.0. The minimum absolute atomic E-state index is 0.168. The molecule has 134 valence electrons. The molecule has 1 aromatic carbocycles. The van der Waals surface area contributed by atoms with E-state index < -0.39 is 0 Å². The highest BCUT2D eigenvalue weighted by molar-refractivity contribution is 5.91. The number of carbonyl (C=O) groups excluding carboxylic acids is 1. The molecule has 1 aromatic heterocycles. The van der Waals surface area contributed by atoms with E-state index in [1.54, 1.807) is 12.4 Å². The van der Waals surface area contributed by atoms with E-state index in [9.17, 15) is 4.79 Å². The van der Waals surface area contributed by atoms with Crippen molar-refractivity contribution in [1.82, 2.24) is 15.3 Å². The maximum atomic E-state index is 12.1. The van der Waals surface area contributed by atoms with Crippen LogP contribution in [0.3, 0.4) is 0 Å². The lowest BCUT2D eigenvalue weighted by atomic mass is 10.1. The van der Waals surface area contributed by atoms with Crippen LogP contribution in [0.2, 0.25) is 0 Å². The largest absolute Gasteiger partial charge is 0.351 e. The summed E-state index contributed by atoms with van der Waals surface area (Å²) in [6.45, 7) is 9.93. The van der Waals surface area contributed by atoms with Crippen LogP contribution in [0.5, 0.6) is 0 Å². The van der Waals surface area contributed by atoms with E-state index in [-0.39, 0.29) is 11.9 Å². The molecule has 25 heavy (non-hydrogen) atoms. The van der Waals surface area contributed by atoms with Gasteiger partial charge in [0.25, 0.3) is 5.91 Å². The van der Waals surface area contributed by atoms with Crippen molar-refractivity contribution in [2.75, 3.05) is 11.4 Å². The Morgan fingerprint density at radius 2 is 1.80 bits per heavy atom. The molecule has 0 aliphatic carbocycles. The fraction of sp³-hybridized carbons (Fsp3) is 0.450. The van der Waals surface area contributed by atoms with Gasteiger partial charge < -0.3 is 10.2 Å². The Labute approximate surface area is 150 Å². The Bertz CT molecular complexity index is 653. The van der Waals surface area contributed by atoms with E-state index >= 15 is 0 Å². The average Bonchev–Trinajstić information content (AvgIpc) is 2.60. The zero-order chi connectivity index (χ0) is 18.2. The Morgan fingerprint density at radius 1 is 1.08 bits per heavy atom. The van der Waals surface area contributed by atoms with Crippen molar-refractivity contribution >= 4 is 11.7 Å². The molecular weight excluding hydrogens is 312 g/mol. The van der Waals surface area contributed by atoms with Crippen molar-refractivity contribution < 1.29 is 4.79 Å². The van der Waals surface area contributed by atoms with Crippen molar-refractivity contribution in [3.63, 3.8) is 0 Å². The lowest BCUT2D eigenvalue weighted by molar-refractivity contribution is 0.0946. The van der Waals surface area contributed by atoms with E-state index in [2.05, 4.69) is 60.0 Å². The van der Waals surface area contributed by atoms with Gasteiger partial charge in [-0.2, -0.15) is 0 Å². The molecule has 1 N–H and O–H groups in total. The number of benzene rings is 1. The maximum absolute atomic E-state index is 12.1. The van der Waals surface area contributed by atoms with Crippen LogP contribution in [0.1, 0.15) is 50.2 Å². The summed E-state index contributed by atoms with van der Waals surface area (Å²) in [5.41, 5.74) is 1.57. The van der Waals surface area contributed by atoms with Gasteiger partial charge in [0.2, 0.25) is 0 Å². The number of amides is 1. The minimum atomic E-state index is -0.168. The van der Waals surface area contributed by atoms with Gasteiger partial charge in [-0.3, -0.25) is 4.79 Å². The number of rotatable bonds is 8. The van der Waals surface area contributed by atoms with Gasteiger partial charge in [0.05, 0.1) is 12.4 Å². The van der Waals surface area contributed by atoms with Crippen LogP contribution < -0.4 is 10.2 Å².